The minimum absolute atomic E-state index is 0.0512. The van der Waals surface area contributed by atoms with Crippen LogP contribution in [0.4, 0.5) is 10.5 Å². The SMILES string of the molecule is Cc1cc(B2OC(C)(C)C(C)(C)O2)ccc1N1CCN(CCO[Si](C)(C)C(C)(C)C)C1=O. The minimum atomic E-state index is -1.80. The van der Waals surface area contributed by atoms with E-state index in [1.807, 2.05) is 28.9 Å². The van der Waals surface area contributed by atoms with Crippen molar-refractivity contribution in [1.82, 2.24) is 4.90 Å². The summed E-state index contributed by atoms with van der Waals surface area (Å²) in [5.41, 5.74) is 2.23. The third-order valence-electron chi connectivity index (χ3n) is 7.76. The highest BCUT2D eigenvalue weighted by Crippen LogP contribution is 2.37. The molecule has 1 aromatic carbocycles. The van der Waals surface area contributed by atoms with Crippen molar-refractivity contribution in [2.75, 3.05) is 31.1 Å². The van der Waals surface area contributed by atoms with Crippen molar-refractivity contribution in [3.8, 4) is 0 Å². The molecule has 2 aliphatic heterocycles. The van der Waals surface area contributed by atoms with E-state index in [-0.39, 0.29) is 22.3 Å². The van der Waals surface area contributed by atoms with Crippen molar-refractivity contribution in [3.05, 3.63) is 23.8 Å². The Balaban J connectivity index is 1.64. The summed E-state index contributed by atoms with van der Waals surface area (Å²) in [5.74, 6) is 0. The van der Waals surface area contributed by atoms with Gasteiger partial charge in [0.2, 0.25) is 0 Å². The summed E-state index contributed by atoms with van der Waals surface area (Å²) >= 11 is 0. The van der Waals surface area contributed by atoms with Crippen LogP contribution in [-0.4, -0.2) is 63.8 Å². The van der Waals surface area contributed by atoms with Crippen LogP contribution in [0.25, 0.3) is 0 Å². The molecule has 2 amide bonds. The molecule has 0 atom stereocenters. The van der Waals surface area contributed by atoms with Gasteiger partial charge in [-0.2, -0.15) is 0 Å². The number of hydrogen-bond acceptors (Lipinski definition) is 4. The second-order valence-corrected chi connectivity index (χ2v) is 16.5. The van der Waals surface area contributed by atoms with Gasteiger partial charge in [0.05, 0.1) is 17.8 Å². The highest BCUT2D eigenvalue weighted by molar-refractivity contribution is 6.74. The fourth-order valence-corrected chi connectivity index (χ4v) is 4.78. The van der Waals surface area contributed by atoms with Gasteiger partial charge in [0.1, 0.15) is 0 Å². The van der Waals surface area contributed by atoms with Gasteiger partial charge in [-0.3, -0.25) is 4.90 Å². The van der Waals surface area contributed by atoms with Crippen molar-refractivity contribution in [2.24, 2.45) is 0 Å². The summed E-state index contributed by atoms with van der Waals surface area (Å²) in [5, 5.41) is 0.171. The lowest BCUT2D eigenvalue weighted by molar-refractivity contribution is 0.00578. The lowest BCUT2D eigenvalue weighted by Gasteiger charge is -2.36. The predicted octanol–water partition coefficient (Wildman–Crippen LogP) is 4.56. The van der Waals surface area contributed by atoms with Crippen LogP contribution in [0.5, 0.6) is 0 Å². The summed E-state index contributed by atoms with van der Waals surface area (Å²) < 4.78 is 18.6. The average molecular weight is 461 g/mol. The number of carbonyl (C=O) groups is 1. The first kappa shape index (κ1) is 25.3. The number of hydrogen-bond donors (Lipinski definition) is 0. The van der Waals surface area contributed by atoms with Crippen molar-refractivity contribution in [1.29, 1.82) is 0 Å². The molecule has 178 valence electrons. The van der Waals surface area contributed by atoms with E-state index in [0.29, 0.717) is 19.7 Å². The number of amides is 2. The molecule has 0 saturated carbocycles. The molecular weight excluding hydrogens is 419 g/mol. The van der Waals surface area contributed by atoms with Crippen LogP contribution in [0, 0.1) is 6.92 Å². The average Bonchev–Trinajstić information content (AvgIpc) is 3.10. The van der Waals surface area contributed by atoms with Gasteiger partial charge < -0.3 is 18.6 Å². The molecule has 32 heavy (non-hydrogen) atoms. The molecule has 0 unspecified atom stereocenters. The number of urea groups is 1. The number of aryl methyl sites for hydroxylation is 1. The van der Waals surface area contributed by atoms with Gasteiger partial charge in [-0.25, -0.2) is 4.79 Å². The smallest absolute Gasteiger partial charge is 0.415 e. The molecule has 8 heteroatoms. The van der Waals surface area contributed by atoms with E-state index in [0.717, 1.165) is 23.3 Å². The minimum Gasteiger partial charge on any atom is -0.415 e. The highest BCUT2D eigenvalue weighted by Gasteiger charge is 2.51. The Bertz CT molecular complexity index is 850. The molecule has 1 aromatic rings. The zero-order valence-electron chi connectivity index (χ0n) is 21.7. The predicted molar refractivity (Wildman–Crippen MR) is 134 cm³/mol. The fraction of sp³-hybridized carbons (Fsp3) is 0.708. The zero-order valence-corrected chi connectivity index (χ0v) is 22.7. The standard InChI is InChI=1S/C24H41BN2O4Si/c1-18-17-19(25-30-23(5,6)24(7,8)31-25)11-12-20(18)27-14-13-26(21(27)28)15-16-29-32(9,10)22(2,3)4/h11-12,17H,13-16H2,1-10H3. The second-order valence-electron chi connectivity index (χ2n) is 11.7. The molecule has 0 N–H and O–H groups in total. The molecular formula is C24H41BN2O4Si. The molecule has 3 rings (SSSR count). The molecule has 2 aliphatic rings. The third kappa shape index (κ3) is 4.79. The van der Waals surface area contributed by atoms with E-state index in [1.54, 1.807) is 0 Å². The van der Waals surface area contributed by atoms with E-state index >= 15 is 0 Å². The normalized spacial score (nSPS) is 21.1. The molecule has 0 aromatic heterocycles. The molecule has 2 saturated heterocycles. The van der Waals surface area contributed by atoms with Crippen molar-refractivity contribution in [2.45, 2.75) is 84.7 Å². The molecule has 2 heterocycles. The van der Waals surface area contributed by atoms with Gasteiger partial charge in [-0.1, -0.05) is 32.9 Å². The molecule has 6 nitrogen and oxygen atoms in total. The van der Waals surface area contributed by atoms with Gasteiger partial charge in [0, 0.05) is 25.3 Å². The van der Waals surface area contributed by atoms with Crippen LogP contribution in [0.1, 0.15) is 54.0 Å². The Hall–Kier alpha value is -1.35. The largest absolute Gasteiger partial charge is 0.494 e. The van der Waals surface area contributed by atoms with E-state index in [9.17, 15) is 4.79 Å². The van der Waals surface area contributed by atoms with Crippen LogP contribution in [0.2, 0.25) is 18.1 Å². The molecule has 0 radical (unpaired) electrons. The summed E-state index contributed by atoms with van der Waals surface area (Å²) in [6.45, 7) is 24.1. The molecule has 2 fully saturated rings. The second kappa shape index (κ2) is 8.46. The van der Waals surface area contributed by atoms with Crippen molar-refractivity contribution >= 4 is 32.6 Å². The van der Waals surface area contributed by atoms with Gasteiger partial charge in [-0.05, 0) is 69.8 Å². The number of anilines is 1. The van der Waals surface area contributed by atoms with Gasteiger partial charge in [-0.15, -0.1) is 0 Å². The van der Waals surface area contributed by atoms with Crippen LogP contribution in [0.3, 0.4) is 0 Å². The van der Waals surface area contributed by atoms with Crippen molar-refractivity contribution < 1.29 is 18.5 Å². The molecule has 0 spiro atoms. The van der Waals surface area contributed by atoms with E-state index in [2.05, 4.69) is 67.6 Å². The third-order valence-corrected chi connectivity index (χ3v) is 12.3. The quantitative estimate of drug-likeness (QED) is 0.584. The lowest BCUT2D eigenvalue weighted by atomic mass is 9.78. The van der Waals surface area contributed by atoms with Crippen LogP contribution in [0.15, 0.2) is 18.2 Å². The first-order valence-corrected chi connectivity index (χ1v) is 14.6. The number of rotatable bonds is 6. The lowest BCUT2D eigenvalue weighted by Crippen LogP contribution is -2.43. The summed E-state index contributed by atoms with van der Waals surface area (Å²) in [6.07, 6.45) is 0. The first-order valence-electron chi connectivity index (χ1n) is 11.7. The number of nitrogens with zero attached hydrogens (tertiary/aromatic N) is 2. The molecule has 0 bridgehead atoms. The Morgan fingerprint density at radius 1 is 1.09 bits per heavy atom. The van der Waals surface area contributed by atoms with E-state index < -0.39 is 15.4 Å². The number of carbonyl (C=O) groups excluding carboxylic acids is 1. The maximum absolute atomic E-state index is 13.1. The maximum atomic E-state index is 13.1. The number of benzene rings is 1. The van der Waals surface area contributed by atoms with Gasteiger partial charge in [0.15, 0.2) is 8.32 Å². The maximum Gasteiger partial charge on any atom is 0.494 e. The van der Waals surface area contributed by atoms with Crippen LogP contribution in [-0.2, 0) is 13.7 Å². The Kier molecular flexibility index (Phi) is 6.68. The Morgan fingerprint density at radius 2 is 1.69 bits per heavy atom. The van der Waals surface area contributed by atoms with Crippen molar-refractivity contribution in [3.63, 3.8) is 0 Å². The van der Waals surface area contributed by atoms with Gasteiger partial charge >= 0.3 is 13.1 Å². The van der Waals surface area contributed by atoms with Crippen LogP contribution < -0.4 is 10.4 Å². The summed E-state index contributed by atoms with van der Waals surface area (Å²) in [6, 6.07) is 6.16. The Labute approximate surface area is 195 Å². The van der Waals surface area contributed by atoms with E-state index in [4.69, 9.17) is 13.7 Å². The fourth-order valence-electron chi connectivity index (χ4n) is 3.75. The topological polar surface area (TPSA) is 51.2 Å². The monoisotopic (exact) mass is 460 g/mol. The van der Waals surface area contributed by atoms with Crippen LogP contribution >= 0.6 is 0 Å². The molecule has 0 aliphatic carbocycles. The Morgan fingerprint density at radius 3 is 2.22 bits per heavy atom. The summed E-state index contributed by atoms with van der Waals surface area (Å²) in [7, 11) is -2.20. The van der Waals surface area contributed by atoms with E-state index in [1.165, 1.54) is 0 Å². The highest BCUT2D eigenvalue weighted by atomic mass is 28.4. The zero-order chi connectivity index (χ0) is 24.1. The van der Waals surface area contributed by atoms with Gasteiger partial charge in [0.25, 0.3) is 0 Å². The first-order chi connectivity index (χ1) is 14.6. The summed E-state index contributed by atoms with van der Waals surface area (Å²) in [4.78, 5) is 16.8.